The third kappa shape index (κ3) is 8.59. The van der Waals surface area contributed by atoms with Gasteiger partial charge in [-0.1, -0.05) is 41.7 Å². The number of aryl methyl sites for hydroxylation is 1. The highest BCUT2D eigenvalue weighted by molar-refractivity contribution is 7.22. The summed E-state index contributed by atoms with van der Waals surface area (Å²) in [7, 11) is 0. The van der Waals surface area contributed by atoms with E-state index in [1.165, 1.54) is 11.3 Å². The molecule has 4 heterocycles. The number of piperidine rings is 1. The van der Waals surface area contributed by atoms with Crippen LogP contribution in [-0.4, -0.2) is 77.2 Å². The normalized spacial score (nSPS) is 16.7. The van der Waals surface area contributed by atoms with Gasteiger partial charge in [0.25, 0.3) is 5.91 Å². The van der Waals surface area contributed by atoms with Crippen LogP contribution >= 0.6 is 11.3 Å². The molecule has 58 heavy (non-hydrogen) atoms. The predicted octanol–water partition coefficient (Wildman–Crippen LogP) is 8.62. The van der Waals surface area contributed by atoms with Gasteiger partial charge in [0.1, 0.15) is 17.2 Å². The van der Waals surface area contributed by atoms with Crippen molar-refractivity contribution in [2.24, 2.45) is 5.41 Å². The highest BCUT2D eigenvalue weighted by Gasteiger charge is 2.47. The van der Waals surface area contributed by atoms with Gasteiger partial charge >= 0.3 is 11.9 Å². The molecule has 0 unspecified atom stereocenters. The van der Waals surface area contributed by atoms with E-state index in [1.54, 1.807) is 0 Å². The standard InChI is InChI=1S/C46H51N5O6S/c1-6-55-40(52)28-50-22-19-46(20-23-50)25-32(26-46)56-31-14-15-33(29(2)24-31)34-16-17-39(48-41(34)43(54)57-45(3,4)5)51-21-18-30-10-9-11-35(36(30)27-51)42(53)49-44-47-37-12-7-8-13-38(37)58-44/h7-17,24,32H,6,18-23,25-28H2,1-5H3,(H,47,49,53). The highest BCUT2D eigenvalue weighted by atomic mass is 32.1. The predicted molar refractivity (Wildman–Crippen MR) is 227 cm³/mol. The molecule has 1 saturated heterocycles. The Balaban J connectivity index is 0.977. The van der Waals surface area contributed by atoms with Crippen LogP contribution in [0.2, 0.25) is 0 Å². The van der Waals surface area contributed by atoms with Crippen molar-refractivity contribution in [3.8, 4) is 16.9 Å². The first-order valence-electron chi connectivity index (χ1n) is 20.3. The SMILES string of the molecule is CCOC(=O)CN1CCC2(CC1)CC(Oc1ccc(-c3ccc(N4CCc5cccc(C(=O)Nc6nc7ccccc7s6)c5C4)nc3C(=O)OC(C)(C)C)c(C)c1)C2. The van der Waals surface area contributed by atoms with Gasteiger partial charge in [0.15, 0.2) is 10.8 Å². The average Bonchev–Trinajstić information content (AvgIpc) is 3.59. The lowest BCUT2D eigenvalue weighted by molar-refractivity contribution is -0.145. The smallest absolute Gasteiger partial charge is 0.358 e. The van der Waals surface area contributed by atoms with Crippen LogP contribution in [0.1, 0.15) is 90.9 Å². The molecule has 3 aromatic carbocycles. The first-order valence-corrected chi connectivity index (χ1v) is 21.1. The van der Waals surface area contributed by atoms with Crippen LogP contribution in [0.15, 0.2) is 72.8 Å². The minimum Gasteiger partial charge on any atom is -0.490 e. The molecule has 2 fully saturated rings. The number of benzene rings is 3. The van der Waals surface area contributed by atoms with E-state index in [2.05, 4.69) is 26.2 Å². The van der Waals surface area contributed by atoms with E-state index in [0.717, 1.165) is 83.4 Å². The maximum Gasteiger partial charge on any atom is 0.358 e. The Hall–Kier alpha value is -5.33. The van der Waals surface area contributed by atoms with Crippen molar-refractivity contribution in [1.82, 2.24) is 14.9 Å². The van der Waals surface area contributed by atoms with Crippen LogP contribution in [-0.2, 0) is 27.2 Å². The Morgan fingerprint density at radius 2 is 1.71 bits per heavy atom. The first kappa shape index (κ1) is 39.5. The zero-order valence-corrected chi connectivity index (χ0v) is 34.7. The molecule has 1 saturated carbocycles. The number of hydrogen-bond donors (Lipinski definition) is 1. The van der Waals surface area contributed by atoms with Gasteiger partial charge in [-0.3, -0.25) is 19.8 Å². The van der Waals surface area contributed by atoms with Gasteiger partial charge in [-0.15, -0.1) is 0 Å². The maximum atomic E-state index is 13.9. The molecule has 5 aromatic rings. The van der Waals surface area contributed by atoms with Gasteiger partial charge < -0.3 is 19.1 Å². The minimum atomic E-state index is -0.716. The fourth-order valence-corrected chi connectivity index (χ4v) is 9.44. The van der Waals surface area contributed by atoms with Gasteiger partial charge in [-0.2, -0.15) is 0 Å². The molecule has 1 aliphatic carbocycles. The zero-order chi connectivity index (χ0) is 40.6. The number of thiazole rings is 1. The quantitative estimate of drug-likeness (QED) is 0.137. The van der Waals surface area contributed by atoms with Crippen molar-refractivity contribution in [3.05, 3.63) is 101 Å². The van der Waals surface area contributed by atoms with Crippen LogP contribution in [0.3, 0.4) is 0 Å². The number of pyridine rings is 1. The number of nitrogens with zero attached hydrogens (tertiary/aromatic N) is 4. The molecule has 1 N–H and O–H groups in total. The van der Waals surface area contributed by atoms with Gasteiger partial charge in [-0.25, -0.2) is 14.8 Å². The molecule has 11 nitrogen and oxygen atoms in total. The molecule has 2 aromatic heterocycles. The number of likely N-dealkylation sites (tertiary alicyclic amines) is 1. The molecule has 1 amide bonds. The molecule has 3 aliphatic rings. The van der Waals surface area contributed by atoms with Crippen LogP contribution in [0.25, 0.3) is 21.3 Å². The van der Waals surface area contributed by atoms with Crippen molar-refractivity contribution < 1.29 is 28.6 Å². The summed E-state index contributed by atoms with van der Waals surface area (Å²) in [6.07, 6.45) is 5.00. The Kier molecular flexibility index (Phi) is 11.0. The lowest BCUT2D eigenvalue weighted by Gasteiger charge is -2.51. The molecule has 8 rings (SSSR count). The number of carbonyl (C=O) groups excluding carboxylic acids is 3. The highest BCUT2D eigenvalue weighted by Crippen LogP contribution is 2.50. The summed E-state index contributed by atoms with van der Waals surface area (Å²) in [5.41, 5.74) is 5.83. The Morgan fingerprint density at radius 3 is 2.45 bits per heavy atom. The van der Waals surface area contributed by atoms with Crippen LogP contribution in [0.4, 0.5) is 10.9 Å². The van der Waals surface area contributed by atoms with E-state index in [9.17, 15) is 14.4 Å². The minimum absolute atomic E-state index is 0.147. The van der Waals surface area contributed by atoms with Crippen molar-refractivity contribution >= 4 is 50.3 Å². The van der Waals surface area contributed by atoms with Crippen molar-refractivity contribution in [1.29, 1.82) is 0 Å². The summed E-state index contributed by atoms with van der Waals surface area (Å²) < 4.78 is 18.5. The number of fused-ring (bicyclic) bond motifs is 2. The number of aromatic nitrogens is 2. The summed E-state index contributed by atoms with van der Waals surface area (Å²) in [4.78, 5) is 53.4. The number of esters is 2. The summed E-state index contributed by atoms with van der Waals surface area (Å²) in [6.45, 7) is 13.1. The molecule has 0 atom stereocenters. The van der Waals surface area contributed by atoms with E-state index in [4.69, 9.17) is 19.2 Å². The van der Waals surface area contributed by atoms with E-state index >= 15 is 0 Å². The summed E-state index contributed by atoms with van der Waals surface area (Å²) in [5, 5.41) is 3.58. The number of rotatable bonds is 10. The molecule has 1 spiro atoms. The number of nitrogens with one attached hydrogen (secondary N) is 1. The van der Waals surface area contributed by atoms with E-state index < -0.39 is 11.6 Å². The van der Waals surface area contributed by atoms with E-state index in [1.807, 2.05) is 101 Å². The number of anilines is 2. The van der Waals surface area contributed by atoms with Crippen LogP contribution in [0.5, 0.6) is 5.75 Å². The van der Waals surface area contributed by atoms with Gasteiger partial charge in [0.2, 0.25) is 0 Å². The topological polar surface area (TPSA) is 123 Å². The molecule has 0 bridgehead atoms. The summed E-state index contributed by atoms with van der Waals surface area (Å²) in [6, 6.07) is 23.6. The third-order valence-corrected chi connectivity index (χ3v) is 12.5. The molecule has 302 valence electrons. The first-order chi connectivity index (χ1) is 27.8. The fraction of sp³-hybridized carbons (Fsp3) is 0.413. The number of carbonyl (C=O) groups is 3. The fourth-order valence-electron chi connectivity index (χ4n) is 8.58. The number of para-hydroxylation sites is 1. The maximum absolute atomic E-state index is 13.9. The Labute approximate surface area is 343 Å². The summed E-state index contributed by atoms with van der Waals surface area (Å²) in [5.74, 6) is 0.594. The molecular weight excluding hydrogens is 751 g/mol. The Morgan fingerprint density at radius 1 is 0.931 bits per heavy atom. The van der Waals surface area contributed by atoms with Crippen LogP contribution in [0, 0.1) is 12.3 Å². The molecule has 0 radical (unpaired) electrons. The van der Waals surface area contributed by atoms with E-state index in [0.29, 0.717) is 48.3 Å². The Bertz CT molecular complexity index is 2320. The molecular formula is C46H51N5O6S. The van der Waals surface area contributed by atoms with Crippen molar-refractivity contribution in [3.63, 3.8) is 0 Å². The largest absolute Gasteiger partial charge is 0.490 e. The second-order valence-electron chi connectivity index (χ2n) is 16.8. The van der Waals surface area contributed by atoms with Crippen molar-refractivity contribution in [2.75, 3.05) is 43.0 Å². The monoisotopic (exact) mass is 801 g/mol. The lowest BCUT2D eigenvalue weighted by Crippen LogP contribution is -2.51. The van der Waals surface area contributed by atoms with Gasteiger partial charge in [-0.05, 0) is 150 Å². The van der Waals surface area contributed by atoms with Crippen molar-refractivity contribution in [2.45, 2.75) is 85.0 Å². The second-order valence-corrected chi connectivity index (χ2v) is 17.9. The number of ether oxygens (including phenoxy) is 3. The van der Waals surface area contributed by atoms with Crippen LogP contribution < -0.4 is 15.0 Å². The number of amides is 1. The molecule has 2 aliphatic heterocycles. The van der Waals surface area contributed by atoms with E-state index in [-0.39, 0.29) is 29.1 Å². The lowest BCUT2D eigenvalue weighted by atomic mass is 9.61. The van der Waals surface area contributed by atoms with Gasteiger partial charge in [0, 0.05) is 24.2 Å². The summed E-state index contributed by atoms with van der Waals surface area (Å²) >= 11 is 1.45. The second kappa shape index (κ2) is 16.1. The zero-order valence-electron chi connectivity index (χ0n) is 33.9. The number of hydrogen-bond acceptors (Lipinski definition) is 11. The van der Waals surface area contributed by atoms with Gasteiger partial charge in [0.05, 0.1) is 29.5 Å². The third-order valence-electron chi connectivity index (χ3n) is 11.5. The average molecular weight is 802 g/mol. The molecule has 12 heteroatoms.